The molecule has 4 fully saturated rings. The summed E-state index contributed by atoms with van der Waals surface area (Å²) in [4.78, 5) is 27.3. The molecule has 2 bridgehead atoms. The molecule has 0 spiro atoms. The summed E-state index contributed by atoms with van der Waals surface area (Å²) in [6.07, 6.45) is 8.84. The first kappa shape index (κ1) is 25.6. The second-order valence-corrected chi connectivity index (χ2v) is 13.9. The van der Waals surface area contributed by atoms with Gasteiger partial charge >= 0.3 is 12.0 Å². The van der Waals surface area contributed by atoms with Crippen molar-refractivity contribution in [2.45, 2.75) is 97.6 Å². The number of fused-ring (bicyclic) bond motifs is 2. The maximum absolute atomic E-state index is 13.6. The van der Waals surface area contributed by atoms with Crippen molar-refractivity contribution in [1.82, 2.24) is 10.2 Å². The molecule has 3 atom stereocenters. The zero-order chi connectivity index (χ0) is 26.0. The quantitative estimate of drug-likeness (QED) is 0.425. The summed E-state index contributed by atoms with van der Waals surface area (Å²) in [5.74, 6) is 0.690. The molecule has 5 nitrogen and oxygen atoms in total. The van der Waals surface area contributed by atoms with Gasteiger partial charge < -0.3 is 10.4 Å². The Balaban J connectivity index is 1.48. The summed E-state index contributed by atoms with van der Waals surface area (Å²) in [6, 6.07) is 6.24. The number of halogens is 1. The van der Waals surface area contributed by atoms with E-state index in [0.29, 0.717) is 31.1 Å². The van der Waals surface area contributed by atoms with Crippen molar-refractivity contribution < 1.29 is 14.7 Å². The fraction of sp³-hybridized carbons (Fsp3) is 0.667. The lowest BCUT2D eigenvalue weighted by molar-refractivity contribution is -0.153. The number of rotatable bonds is 6. The van der Waals surface area contributed by atoms with E-state index in [1.54, 1.807) is 0 Å². The topological polar surface area (TPSA) is 69.6 Å². The second-order valence-electron chi connectivity index (χ2n) is 13.5. The van der Waals surface area contributed by atoms with Crippen LogP contribution in [0.15, 0.2) is 30.0 Å². The van der Waals surface area contributed by atoms with Crippen LogP contribution >= 0.6 is 11.6 Å². The Morgan fingerprint density at radius 1 is 1.25 bits per heavy atom. The van der Waals surface area contributed by atoms with Crippen LogP contribution in [0.5, 0.6) is 0 Å². The molecule has 0 saturated heterocycles. The highest BCUT2D eigenvalue weighted by Crippen LogP contribution is 2.61. The molecule has 2 N–H and O–H groups in total. The molecule has 2 unspecified atom stereocenters. The number of carboxylic acids is 1. The van der Waals surface area contributed by atoms with E-state index < -0.39 is 16.9 Å². The first-order valence-corrected chi connectivity index (χ1v) is 14.1. The molecule has 1 heterocycles. The Kier molecular flexibility index (Phi) is 6.26. The minimum absolute atomic E-state index is 0.0330. The fourth-order valence-corrected chi connectivity index (χ4v) is 7.46. The summed E-state index contributed by atoms with van der Waals surface area (Å²) in [7, 11) is 0. The van der Waals surface area contributed by atoms with Crippen molar-refractivity contribution in [2.24, 2.45) is 28.6 Å². The van der Waals surface area contributed by atoms with Gasteiger partial charge in [0.2, 0.25) is 0 Å². The van der Waals surface area contributed by atoms with Gasteiger partial charge in [-0.05, 0) is 97.3 Å². The van der Waals surface area contributed by atoms with Gasteiger partial charge in [0.15, 0.2) is 0 Å². The Bertz CT molecular complexity index is 1100. The predicted molar refractivity (Wildman–Crippen MR) is 143 cm³/mol. The molecule has 0 aromatic heterocycles. The summed E-state index contributed by atoms with van der Waals surface area (Å²) in [6.45, 7) is 11.3. The van der Waals surface area contributed by atoms with Gasteiger partial charge in [-0.15, -0.1) is 0 Å². The first-order chi connectivity index (χ1) is 16.8. The van der Waals surface area contributed by atoms with Crippen molar-refractivity contribution in [3.05, 3.63) is 46.1 Å². The third-order valence-electron chi connectivity index (χ3n) is 9.66. The Morgan fingerprint density at radius 2 is 1.97 bits per heavy atom. The van der Waals surface area contributed by atoms with E-state index in [2.05, 4.69) is 64.3 Å². The van der Waals surface area contributed by atoms with Crippen LogP contribution in [0.2, 0.25) is 5.02 Å². The molecule has 1 aromatic carbocycles. The van der Waals surface area contributed by atoms with Gasteiger partial charge in [-0.1, -0.05) is 58.4 Å². The number of aliphatic carboxylic acids is 1. The number of urea groups is 1. The predicted octanol–water partition coefficient (Wildman–Crippen LogP) is 7.13. The van der Waals surface area contributed by atoms with Crippen molar-refractivity contribution in [1.29, 1.82) is 0 Å². The average Bonchev–Trinajstić information content (AvgIpc) is 3.34. The van der Waals surface area contributed by atoms with Crippen LogP contribution in [0.3, 0.4) is 0 Å². The standard InChI is InChI=1S/C30H41ClN2O3/c1-18(2)20-9-11-30(22-7-6-19(24(31)13-22)8-10-28(3,4)5)23(12-20)17-33(27(36)32-30)25-16-29(26(34)35)14-21(25)15-29/h6-7,13,17-18,20-21,25H,8-12,14-16H2,1-5H3,(H,32,36)(H,34,35)/t20?,21?,25?,29?,30-/m1/s1. The van der Waals surface area contributed by atoms with E-state index in [4.69, 9.17) is 11.6 Å². The lowest BCUT2D eigenvalue weighted by Crippen LogP contribution is -2.59. The number of aryl methyl sites for hydroxylation is 1. The van der Waals surface area contributed by atoms with Gasteiger partial charge in [0.05, 0.1) is 11.0 Å². The number of carbonyl (C=O) groups is 2. The number of carboxylic acid groups (broad SMARTS) is 1. The van der Waals surface area contributed by atoms with Gasteiger partial charge in [0, 0.05) is 17.3 Å². The normalized spacial score (nSPS) is 33.6. The Hall–Kier alpha value is -2.01. The molecule has 1 aromatic rings. The van der Waals surface area contributed by atoms with Gasteiger partial charge in [-0.25, -0.2) is 4.79 Å². The lowest BCUT2D eigenvalue weighted by atomic mass is 9.66. The maximum atomic E-state index is 13.6. The number of hydrogen-bond acceptors (Lipinski definition) is 2. The van der Waals surface area contributed by atoms with Crippen LogP contribution < -0.4 is 5.32 Å². The van der Waals surface area contributed by atoms with E-state index >= 15 is 0 Å². The van der Waals surface area contributed by atoms with E-state index in [-0.39, 0.29) is 23.4 Å². The minimum atomic E-state index is -0.709. The van der Waals surface area contributed by atoms with Crippen LogP contribution in [0, 0.1) is 28.6 Å². The molecule has 196 valence electrons. The monoisotopic (exact) mass is 512 g/mol. The smallest absolute Gasteiger partial charge is 0.322 e. The van der Waals surface area contributed by atoms with Gasteiger partial charge in [-0.3, -0.25) is 9.69 Å². The molecule has 1 aliphatic heterocycles. The highest BCUT2D eigenvalue weighted by atomic mass is 35.5. The SMILES string of the molecule is CC(C)C1CC[C@]2(c3ccc(CCC(C)(C)C)c(Cl)c3)NC(=O)N(C3CC4(C(=O)O)CC3C4)C=C2C1. The summed E-state index contributed by atoms with van der Waals surface area (Å²) in [5, 5.41) is 14.0. The number of nitrogens with one attached hydrogen (secondary N) is 1. The number of amides is 2. The summed E-state index contributed by atoms with van der Waals surface area (Å²) >= 11 is 6.82. The maximum Gasteiger partial charge on any atom is 0.322 e. The van der Waals surface area contributed by atoms with Crippen LogP contribution in [0.1, 0.15) is 90.7 Å². The Morgan fingerprint density at radius 3 is 2.56 bits per heavy atom. The zero-order valence-corrected chi connectivity index (χ0v) is 23.1. The molecule has 4 saturated carbocycles. The number of carbonyl (C=O) groups excluding carboxylic acids is 1. The molecule has 5 aliphatic rings. The molecular weight excluding hydrogens is 472 g/mol. The third kappa shape index (κ3) is 4.25. The van der Waals surface area contributed by atoms with Crippen LogP contribution in [-0.4, -0.2) is 28.0 Å². The molecular formula is C30H41ClN2O3. The number of hydrogen-bond donors (Lipinski definition) is 2. The highest BCUT2D eigenvalue weighted by molar-refractivity contribution is 6.31. The minimum Gasteiger partial charge on any atom is -0.481 e. The van der Waals surface area contributed by atoms with Gasteiger partial charge in [-0.2, -0.15) is 0 Å². The van der Waals surface area contributed by atoms with E-state index in [1.807, 2.05) is 4.90 Å². The van der Waals surface area contributed by atoms with Crippen LogP contribution in [0.4, 0.5) is 4.79 Å². The Labute approximate surface area is 220 Å². The molecule has 6 heteroatoms. The van der Waals surface area contributed by atoms with Crippen LogP contribution in [-0.2, 0) is 16.8 Å². The van der Waals surface area contributed by atoms with E-state index in [0.717, 1.165) is 48.3 Å². The second kappa shape index (κ2) is 8.79. The molecule has 4 aliphatic carbocycles. The van der Waals surface area contributed by atoms with Crippen molar-refractivity contribution in [3.63, 3.8) is 0 Å². The first-order valence-electron chi connectivity index (χ1n) is 13.7. The highest BCUT2D eigenvalue weighted by Gasteiger charge is 2.63. The molecule has 0 radical (unpaired) electrons. The van der Waals surface area contributed by atoms with Gasteiger partial charge in [0.1, 0.15) is 0 Å². The number of benzene rings is 1. The summed E-state index contributed by atoms with van der Waals surface area (Å²) < 4.78 is 0. The number of nitrogens with zero attached hydrogens (tertiary/aromatic N) is 1. The lowest BCUT2D eigenvalue weighted by Gasteiger charge is -2.49. The largest absolute Gasteiger partial charge is 0.481 e. The van der Waals surface area contributed by atoms with Crippen molar-refractivity contribution in [2.75, 3.05) is 0 Å². The third-order valence-corrected chi connectivity index (χ3v) is 10.0. The van der Waals surface area contributed by atoms with Crippen molar-refractivity contribution >= 4 is 23.6 Å². The molecule has 36 heavy (non-hydrogen) atoms. The zero-order valence-electron chi connectivity index (χ0n) is 22.4. The molecule has 6 rings (SSSR count). The van der Waals surface area contributed by atoms with Crippen molar-refractivity contribution in [3.8, 4) is 0 Å². The van der Waals surface area contributed by atoms with E-state index in [9.17, 15) is 14.7 Å². The van der Waals surface area contributed by atoms with Crippen LogP contribution in [0.25, 0.3) is 0 Å². The average molecular weight is 513 g/mol. The van der Waals surface area contributed by atoms with E-state index in [1.165, 1.54) is 5.57 Å². The fourth-order valence-electron chi connectivity index (χ4n) is 7.18. The summed E-state index contributed by atoms with van der Waals surface area (Å²) in [5.41, 5.74) is 2.52. The molecule has 2 amide bonds. The van der Waals surface area contributed by atoms with Gasteiger partial charge in [0.25, 0.3) is 0 Å².